The minimum absolute atomic E-state index is 0.0170. The molecule has 1 saturated heterocycles. The number of hydrogen-bond donors (Lipinski definition) is 2. The van der Waals surface area contributed by atoms with Crippen molar-refractivity contribution in [2.75, 3.05) is 33.2 Å². The molecule has 0 bridgehead atoms. The van der Waals surface area contributed by atoms with Crippen molar-refractivity contribution in [2.45, 2.75) is 32.5 Å². The standard InChI is InChI=1S/C18H26F4N4/c1-3-26-8-4-5-13(12-26)10-24-17(23-2)25-11-14-6-7-15(19)9-16(14)18(20,21)22/h6-7,9,13H,3-5,8,10-12H2,1-2H3,(H2,23,24,25). The molecule has 4 nitrogen and oxygen atoms in total. The highest BCUT2D eigenvalue weighted by atomic mass is 19.4. The van der Waals surface area contributed by atoms with Gasteiger partial charge in [-0.2, -0.15) is 13.2 Å². The quantitative estimate of drug-likeness (QED) is 0.472. The van der Waals surface area contributed by atoms with Crippen molar-refractivity contribution in [1.82, 2.24) is 15.5 Å². The average molecular weight is 374 g/mol. The first kappa shape index (κ1) is 20.5. The summed E-state index contributed by atoms with van der Waals surface area (Å²) in [5, 5.41) is 6.07. The first-order valence-electron chi connectivity index (χ1n) is 8.86. The summed E-state index contributed by atoms with van der Waals surface area (Å²) in [7, 11) is 1.57. The third kappa shape index (κ3) is 5.86. The molecule has 1 fully saturated rings. The molecule has 0 aromatic heterocycles. The highest BCUT2D eigenvalue weighted by Gasteiger charge is 2.33. The van der Waals surface area contributed by atoms with E-state index in [-0.39, 0.29) is 12.1 Å². The van der Waals surface area contributed by atoms with Crippen LogP contribution in [0.2, 0.25) is 0 Å². The molecule has 8 heteroatoms. The zero-order chi connectivity index (χ0) is 19.2. The second-order valence-electron chi connectivity index (χ2n) is 6.51. The Balaban J connectivity index is 1.91. The molecule has 2 N–H and O–H groups in total. The number of likely N-dealkylation sites (tertiary alicyclic amines) is 1. The SMILES string of the molecule is CCN1CCCC(CNC(=NC)NCc2ccc(F)cc2C(F)(F)F)C1. The monoisotopic (exact) mass is 374 g/mol. The molecular weight excluding hydrogens is 348 g/mol. The summed E-state index contributed by atoms with van der Waals surface area (Å²) in [4.78, 5) is 6.45. The predicted molar refractivity (Wildman–Crippen MR) is 94.4 cm³/mol. The molecule has 0 spiro atoms. The van der Waals surface area contributed by atoms with Crippen LogP contribution >= 0.6 is 0 Å². The lowest BCUT2D eigenvalue weighted by Gasteiger charge is -2.32. The summed E-state index contributed by atoms with van der Waals surface area (Å²) in [6.07, 6.45) is -2.32. The summed E-state index contributed by atoms with van der Waals surface area (Å²) in [6.45, 7) is 5.92. The molecule has 26 heavy (non-hydrogen) atoms. The Morgan fingerprint density at radius 2 is 2.08 bits per heavy atom. The Labute approximate surface area is 151 Å². The molecule has 1 aliphatic rings. The second kappa shape index (κ2) is 9.21. The Kier molecular flexibility index (Phi) is 7.25. The number of halogens is 4. The molecule has 0 radical (unpaired) electrons. The molecule has 0 saturated carbocycles. The first-order valence-corrected chi connectivity index (χ1v) is 8.86. The fourth-order valence-corrected chi connectivity index (χ4v) is 3.21. The Hall–Kier alpha value is -1.83. The minimum atomic E-state index is -4.60. The smallest absolute Gasteiger partial charge is 0.356 e. The lowest BCUT2D eigenvalue weighted by molar-refractivity contribution is -0.138. The minimum Gasteiger partial charge on any atom is -0.356 e. The van der Waals surface area contributed by atoms with Gasteiger partial charge in [-0.3, -0.25) is 4.99 Å². The van der Waals surface area contributed by atoms with E-state index in [1.54, 1.807) is 7.05 Å². The highest BCUT2D eigenvalue weighted by molar-refractivity contribution is 5.79. The van der Waals surface area contributed by atoms with Gasteiger partial charge in [0, 0.05) is 26.7 Å². The van der Waals surface area contributed by atoms with Gasteiger partial charge in [0.1, 0.15) is 5.82 Å². The summed E-state index contributed by atoms with van der Waals surface area (Å²) in [6, 6.07) is 2.71. The maximum atomic E-state index is 13.2. The van der Waals surface area contributed by atoms with Gasteiger partial charge in [-0.1, -0.05) is 13.0 Å². The molecule has 2 rings (SSSR count). The van der Waals surface area contributed by atoms with Gasteiger partial charge in [0.05, 0.1) is 5.56 Å². The highest BCUT2D eigenvalue weighted by Crippen LogP contribution is 2.32. The molecular formula is C18H26F4N4. The van der Waals surface area contributed by atoms with Crippen molar-refractivity contribution in [3.8, 4) is 0 Å². The number of aliphatic imine (C=N–C) groups is 1. The van der Waals surface area contributed by atoms with Crippen LogP contribution in [0, 0.1) is 11.7 Å². The number of nitrogens with one attached hydrogen (secondary N) is 2. The maximum Gasteiger partial charge on any atom is 0.416 e. The number of nitrogens with zero attached hydrogens (tertiary/aromatic N) is 2. The van der Waals surface area contributed by atoms with Crippen LogP contribution in [-0.2, 0) is 12.7 Å². The number of guanidine groups is 1. The van der Waals surface area contributed by atoms with Gasteiger partial charge in [0.15, 0.2) is 5.96 Å². The third-order valence-corrected chi connectivity index (χ3v) is 4.66. The molecule has 1 aromatic rings. The van der Waals surface area contributed by atoms with Crippen molar-refractivity contribution < 1.29 is 17.6 Å². The van der Waals surface area contributed by atoms with E-state index >= 15 is 0 Å². The molecule has 146 valence electrons. The Morgan fingerprint density at radius 3 is 2.73 bits per heavy atom. The predicted octanol–water partition coefficient (Wildman–Crippen LogP) is 3.24. The molecule has 1 heterocycles. The van der Waals surface area contributed by atoms with Gasteiger partial charge in [0.2, 0.25) is 0 Å². The summed E-state index contributed by atoms with van der Waals surface area (Å²) >= 11 is 0. The fourth-order valence-electron chi connectivity index (χ4n) is 3.21. The van der Waals surface area contributed by atoms with Gasteiger partial charge < -0.3 is 15.5 Å². The lowest BCUT2D eigenvalue weighted by atomic mass is 9.98. The third-order valence-electron chi connectivity index (χ3n) is 4.66. The largest absolute Gasteiger partial charge is 0.416 e. The van der Waals surface area contributed by atoms with Gasteiger partial charge in [0.25, 0.3) is 0 Å². The van der Waals surface area contributed by atoms with E-state index in [9.17, 15) is 17.6 Å². The molecule has 1 unspecified atom stereocenters. The van der Waals surface area contributed by atoms with E-state index in [2.05, 4.69) is 27.4 Å². The summed E-state index contributed by atoms with van der Waals surface area (Å²) in [5.74, 6) is 0.0243. The zero-order valence-electron chi connectivity index (χ0n) is 15.2. The van der Waals surface area contributed by atoms with Gasteiger partial charge >= 0.3 is 6.18 Å². The van der Waals surface area contributed by atoms with E-state index in [0.717, 1.165) is 44.6 Å². The van der Waals surface area contributed by atoms with E-state index in [4.69, 9.17) is 0 Å². The first-order chi connectivity index (χ1) is 12.3. The van der Waals surface area contributed by atoms with E-state index < -0.39 is 17.6 Å². The Bertz CT molecular complexity index is 616. The maximum absolute atomic E-state index is 13.2. The van der Waals surface area contributed by atoms with Crippen molar-refractivity contribution in [2.24, 2.45) is 10.9 Å². The van der Waals surface area contributed by atoms with E-state index in [1.807, 2.05) is 0 Å². The summed E-state index contributed by atoms with van der Waals surface area (Å²) in [5.41, 5.74) is -0.983. The number of hydrogen-bond acceptors (Lipinski definition) is 2. The topological polar surface area (TPSA) is 39.7 Å². The van der Waals surface area contributed by atoms with Crippen LogP contribution in [0.3, 0.4) is 0 Å². The molecule has 1 aromatic carbocycles. The van der Waals surface area contributed by atoms with Crippen LogP contribution in [0.4, 0.5) is 17.6 Å². The van der Waals surface area contributed by atoms with Crippen LogP contribution in [0.5, 0.6) is 0 Å². The van der Waals surface area contributed by atoms with Gasteiger partial charge in [-0.05, 0) is 49.5 Å². The number of benzene rings is 1. The normalized spacial score (nSPS) is 19.5. The van der Waals surface area contributed by atoms with Crippen LogP contribution in [0.1, 0.15) is 30.9 Å². The van der Waals surface area contributed by atoms with Crippen molar-refractivity contribution in [3.63, 3.8) is 0 Å². The number of alkyl halides is 3. The van der Waals surface area contributed by atoms with Crippen LogP contribution in [0.25, 0.3) is 0 Å². The van der Waals surface area contributed by atoms with E-state index in [1.165, 1.54) is 0 Å². The van der Waals surface area contributed by atoms with Gasteiger partial charge in [-0.15, -0.1) is 0 Å². The van der Waals surface area contributed by atoms with Gasteiger partial charge in [-0.25, -0.2) is 4.39 Å². The zero-order valence-corrected chi connectivity index (χ0v) is 15.2. The molecule has 0 amide bonds. The molecule has 0 aliphatic carbocycles. The van der Waals surface area contributed by atoms with Crippen LogP contribution in [0.15, 0.2) is 23.2 Å². The Morgan fingerprint density at radius 1 is 1.31 bits per heavy atom. The molecule has 1 atom stereocenters. The average Bonchev–Trinajstić information content (AvgIpc) is 2.62. The lowest BCUT2D eigenvalue weighted by Crippen LogP contribution is -2.44. The van der Waals surface area contributed by atoms with E-state index in [0.29, 0.717) is 24.5 Å². The molecule has 1 aliphatic heterocycles. The number of piperidine rings is 1. The van der Waals surface area contributed by atoms with Crippen molar-refractivity contribution in [1.29, 1.82) is 0 Å². The van der Waals surface area contributed by atoms with Crippen LogP contribution in [-0.4, -0.2) is 44.1 Å². The second-order valence-corrected chi connectivity index (χ2v) is 6.51. The van der Waals surface area contributed by atoms with Crippen LogP contribution < -0.4 is 10.6 Å². The van der Waals surface area contributed by atoms with Crippen molar-refractivity contribution in [3.05, 3.63) is 35.1 Å². The fraction of sp³-hybridized carbons (Fsp3) is 0.611. The summed E-state index contributed by atoms with van der Waals surface area (Å²) < 4.78 is 52.3. The number of rotatable bonds is 5. The van der Waals surface area contributed by atoms with Crippen molar-refractivity contribution >= 4 is 5.96 Å².